The molecule has 0 spiro atoms. The number of hydrogen-bond donors (Lipinski definition) is 1. The number of rotatable bonds is 3. The van der Waals surface area contributed by atoms with Crippen LogP contribution >= 0.6 is 0 Å². The zero-order valence-corrected chi connectivity index (χ0v) is 10.9. The lowest BCUT2D eigenvalue weighted by molar-refractivity contribution is 0.134. The van der Waals surface area contributed by atoms with Gasteiger partial charge in [-0.2, -0.15) is 15.0 Å². The minimum Gasteiger partial charge on any atom is -0.457 e. The first-order valence-corrected chi connectivity index (χ1v) is 6.82. The van der Waals surface area contributed by atoms with Gasteiger partial charge in [0, 0.05) is 19.5 Å². The van der Waals surface area contributed by atoms with Gasteiger partial charge >= 0.3 is 6.01 Å². The second-order valence-electron chi connectivity index (χ2n) is 4.93. The van der Waals surface area contributed by atoms with E-state index in [0.717, 1.165) is 39.0 Å². The normalized spacial score (nSPS) is 23.6. The average molecular weight is 265 g/mol. The molecule has 0 bridgehead atoms. The molecule has 1 aromatic rings. The van der Waals surface area contributed by atoms with Crippen LogP contribution in [-0.4, -0.2) is 47.4 Å². The number of piperidine rings is 1. The molecule has 2 N–H and O–H groups in total. The third-order valence-corrected chi connectivity index (χ3v) is 3.42. The molecule has 2 fully saturated rings. The number of aromatic nitrogens is 3. The van der Waals surface area contributed by atoms with Gasteiger partial charge in [0.05, 0.1) is 13.2 Å². The fourth-order valence-electron chi connectivity index (χ4n) is 2.40. The number of anilines is 2. The van der Waals surface area contributed by atoms with Crippen LogP contribution < -0.4 is 15.4 Å². The van der Waals surface area contributed by atoms with Crippen molar-refractivity contribution in [3.05, 3.63) is 0 Å². The summed E-state index contributed by atoms with van der Waals surface area (Å²) in [6, 6.07) is 0.309. The predicted octanol–water partition coefficient (Wildman–Crippen LogP) is 0.612. The van der Waals surface area contributed by atoms with Gasteiger partial charge in [-0.25, -0.2) is 0 Å². The van der Waals surface area contributed by atoms with E-state index in [-0.39, 0.29) is 12.1 Å². The topological polar surface area (TPSA) is 86.4 Å². The third kappa shape index (κ3) is 3.04. The summed E-state index contributed by atoms with van der Waals surface area (Å²) >= 11 is 0. The predicted molar refractivity (Wildman–Crippen MR) is 70.2 cm³/mol. The highest BCUT2D eigenvalue weighted by atomic mass is 16.6. The fourth-order valence-corrected chi connectivity index (χ4v) is 2.40. The molecule has 7 heteroatoms. The Bertz CT molecular complexity index is 430. The first-order valence-electron chi connectivity index (χ1n) is 6.82. The standard InChI is InChI=1S/C12H19N5O2/c13-10-14-11(17-5-2-1-3-6-17)16-12(15-10)19-9-4-7-18-8-9/h9H,1-8H2,(H2,13,14,15,16). The van der Waals surface area contributed by atoms with E-state index < -0.39 is 0 Å². The van der Waals surface area contributed by atoms with Gasteiger partial charge in [-0.15, -0.1) is 0 Å². The first-order chi connectivity index (χ1) is 9.31. The smallest absolute Gasteiger partial charge is 0.323 e. The Hall–Kier alpha value is -1.63. The van der Waals surface area contributed by atoms with Crippen LogP contribution in [0, 0.1) is 0 Å². The SMILES string of the molecule is Nc1nc(OC2CCOC2)nc(N2CCCCC2)n1. The minimum absolute atomic E-state index is 0.0241. The van der Waals surface area contributed by atoms with Crippen LogP contribution in [0.25, 0.3) is 0 Å². The lowest BCUT2D eigenvalue weighted by Gasteiger charge is -2.26. The number of nitrogen functional groups attached to an aromatic ring is 1. The average Bonchev–Trinajstić information content (AvgIpc) is 2.92. The van der Waals surface area contributed by atoms with Crippen LogP contribution in [0.1, 0.15) is 25.7 Å². The Morgan fingerprint density at radius 1 is 1.16 bits per heavy atom. The van der Waals surface area contributed by atoms with E-state index in [0.29, 0.717) is 18.6 Å². The lowest BCUT2D eigenvalue weighted by Crippen LogP contribution is -2.31. The van der Waals surface area contributed by atoms with E-state index in [4.69, 9.17) is 15.2 Å². The van der Waals surface area contributed by atoms with Gasteiger partial charge in [0.1, 0.15) is 6.10 Å². The molecule has 7 nitrogen and oxygen atoms in total. The molecule has 3 rings (SSSR count). The quantitative estimate of drug-likeness (QED) is 0.856. The van der Waals surface area contributed by atoms with Crippen molar-refractivity contribution in [3.63, 3.8) is 0 Å². The van der Waals surface area contributed by atoms with Gasteiger partial charge in [-0.3, -0.25) is 0 Å². The maximum atomic E-state index is 5.74. The molecule has 3 heterocycles. The van der Waals surface area contributed by atoms with Gasteiger partial charge in [0.15, 0.2) is 0 Å². The summed E-state index contributed by atoms with van der Waals surface area (Å²) in [5.41, 5.74) is 5.74. The Balaban J connectivity index is 1.74. The van der Waals surface area contributed by atoms with Crippen molar-refractivity contribution in [2.75, 3.05) is 36.9 Å². The maximum Gasteiger partial charge on any atom is 0.323 e. The molecule has 1 atom stereocenters. The van der Waals surface area contributed by atoms with E-state index >= 15 is 0 Å². The summed E-state index contributed by atoms with van der Waals surface area (Å²) in [5.74, 6) is 0.839. The van der Waals surface area contributed by atoms with Gasteiger partial charge in [-0.05, 0) is 19.3 Å². The second-order valence-corrected chi connectivity index (χ2v) is 4.93. The molecule has 0 saturated carbocycles. The number of ether oxygens (including phenoxy) is 2. The third-order valence-electron chi connectivity index (χ3n) is 3.42. The summed E-state index contributed by atoms with van der Waals surface area (Å²) in [7, 11) is 0. The summed E-state index contributed by atoms with van der Waals surface area (Å²) in [6.45, 7) is 3.25. The van der Waals surface area contributed by atoms with Crippen LogP contribution in [0.4, 0.5) is 11.9 Å². The number of nitrogens with zero attached hydrogens (tertiary/aromatic N) is 4. The molecule has 0 radical (unpaired) electrons. The molecular weight excluding hydrogens is 246 g/mol. The van der Waals surface area contributed by atoms with Crippen LogP contribution in [0.15, 0.2) is 0 Å². The zero-order valence-electron chi connectivity index (χ0n) is 10.9. The largest absolute Gasteiger partial charge is 0.457 e. The van der Waals surface area contributed by atoms with Crippen molar-refractivity contribution in [1.29, 1.82) is 0 Å². The highest BCUT2D eigenvalue weighted by Gasteiger charge is 2.21. The zero-order chi connectivity index (χ0) is 13.1. The van der Waals surface area contributed by atoms with Gasteiger partial charge in [0.2, 0.25) is 11.9 Å². The highest BCUT2D eigenvalue weighted by Crippen LogP contribution is 2.20. The molecule has 1 aromatic heterocycles. The molecule has 2 aliphatic heterocycles. The van der Waals surface area contributed by atoms with E-state index in [2.05, 4.69) is 19.9 Å². The van der Waals surface area contributed by atoms with E-state index in [1.54, 1.807) is 0 Å². The Morgan fingerprint density at radius 2 is 2.00 bits per heavy atom. The van der Waals surface area contributed by atoms with Crippen molar-refractivity contribution >= 4 is 11.9 Å². The summed E-state index contributed by atoms with van der Waals surface area (Å²) in [5, 5.41) is 0. The van der Waals surface area contributed by atoms with Crippen LogP contribution in [0.2, 0.25) is 0 Å². The van der Waals surface area contributed by atoms with Crippen molar-refractivity contribution in [3.8, 4) is 6.01 Å². The highest BCUT2D eigenvalue weighted by molar-refractivity contribution is 5.36. The second kappa shape index (κ2) is 5.56. The van der Waals surface area contributed by atoms with Gasteiger partial charge in [-0.1, -0.05) is 0 Å². The molecular formula is C12H19N5O2. The van der Waals surface area contributed by atoms with Crippen molar-refractivity contribution in [1.82, 2.24) is 15.0 Å². The molecule has 19 heavy (non-hydrogen) atoms. The maximum absolute atomic E-state index is 5.74. The molecule has 104 valence electrons. The Morgan fingerprint density at radius 3 is 2.74 bits per heavy atom. The van der Waals surface area contributed by atoms with E-state index in [1.165, 1.54) is 6.42 Å². The molecule has 0 aromatic carbocycles. The van der Waals surface area contributed by atoms with Gasteiger partial charge in [0.25, 0.3) is 0 Å². The first kappa shape index (κ1) is 12.4. The summed E-state index contributed by atoms with van der Waals surface area (Å²) in [4.78, 5) is 14.8. The molecule has 2 aliphatic rings. The fraction of sp³-hybridized carbons (Fsp3) is 0.750. The minimum atomic E-state index is 0.0241. The molecule has 0 amide bonds. The lowest BCUT2D eigenvalue weighted by atomic mass is 10.1. The molecule has 2 saturated heterocycles. The van der Waals surface area contributed by atoms with Crippen molar-refractivity contribution in [2.45, 2.75) is 31.8 Å². The van der Waals surface area contributed by atoms with E-state index in [1.807, 2.05) is 0 Å². The Kier molecular flexibility index (Phi) is 3.63. The number of hydrogen-bond acceptors (Lipinski definition) is 7. The summed E-state index contributed by atoms with van der Waals surface area (Å²) in [6.07, 6.45) is 4.48. The van der Waals surface area contributed by atoms with Crippen LogP contribution in [-0.2, 0) is 4.74 Å². The van der Waals surface area contributed by atoms with Crippen molar-refractivity contribution < 1.29 is 9.47 Å². The Labute approximate surface area is 112 Å². The van der Waals surface area contributed by atoms with Gasteiger partial charge < -0.3 is 20.1 Å². The summed E-state index contributed by atoms with van der Waals surface area (Å²) < 4.78 is 11.0. The van der Waals surface area contributed by atoms with Crippen LogP contribution in [0.3, 0.4) is 0 Å². The monoisotopic (exact) mass is 265 g/mol. The molecule has 1 unspecified atom stereocenters. The number of nitrogens with two attached hydrogens (primary N) is 1. The molecule has 0 aliphatic carbocycles. The van der Waals surface area contributed by atoms with Crippen molar-refractivity contribution in [2.24, 2.45) is 0 Å². The van der Waals surface area contributed by atoms with Crippen LogP contribution in [0.5, 0.6) is 6.01 Å². The van der Waals surface area contributed by atoms with E-state index in [9.17, 15) is 0 Å².